The molecule has 0 aliphatic carbocycles. The van der Waals surface area contributed by atoms with Crippen LogP contribution in [-0.4, -0.2) is 116 Å². The molecule has 0 fully saturated rings. The van der Waals surface area contributed by atoms with Gasteiger partial charge < -0.3 is 50.3 Å². The number of carbonyl (C=O) groups is 6. The van der Waals surface area contributed by atoms with Gasteiger partial charge in [0.1, 0.15) is 52.5 Å². The fourth-order valence-electron chi connectivity index (χ4n) is 10.1. The number of carbonyl (C=O) groups excluding carboxylic acids is 6. The number of ether oxygens (including phenoxy) is 5. The van der Waals surface area contributed by atoms with Gasteiger partial charge in [-0.3, -0.25) is 31.4 Å². The van der Waals surface area contributed by atoms with Crippen LogP contribution in [0.3, 0.4) is 0 Å². The highest BCUT2D eigenvalue weighted by atomic mass is 32.1. The Hall–Kier alpha value is -12.6. The van der Waals surface area contributed by atoms with Crippen LogP contribution in [0.4, 0.5) is 78.1 Å². The van der Waals surface area contributed by atoms with Crippen LogP contribution >= 0.6 is 57.7 Å². The van der Waals surface area contributed by atoms with Gasteiger partial charge in [0, 0.05) is 81.1 Å². The number of rotatable bonds is 28. The number of nitrogens with one attached hydrogen (secondary N) is 10. The summed E-state index contributed by atoms with van der Waals surface area (Å²) in [4.78, 5) is 94.8. The lowest BCUT2D eigenvalue weighted by molar-refractivity contribution is 0.103. The Balaban J connectivity index is 0.000000190. The van der Waals surface area contributed by atoms with E-state index in [9.17, 15) is 28.8 Å². The molecule has 0 bridgehead atoms. The third-order valence-electron chi connectivity index (χ3n) is 16.0. The molecule has 7 aromatic carbocycles. The first kappa shape index (κ1) is 94.8. The maximum atomic E-state index is 13.0. The lowest BCUT2D eigenvalue weighted by Gasteiger charge is -2.14. The zero-order valence-corrected chi connectivity index (χ0v) is 75.4. The van der Waals surface area contributed by atoms with E-state index in [2.05, 4.69) is 155 Å². The topological polar surface area (TPSA) is 398 Å². The first-order chi connectivity index (χ1) is 58.3. The smallest absolute Gasteiger partial charge is 0.325 e. The highest BCUT2D eigenvalue weighted by molar-refractivity contribution is 7.11. The number of hydrogen-bond acceptors (Lipinski definition) is 26. The summed E-state index contributed by atoms with van der Waals surface area (Å²) in [5.41, 5.74) is 9.81. The maximum Gasteiger partial charge on any atom is 0.325 e. The van der Waals surface area contributed by atoms with E-state index in [0.29, 0.717) is 156 Å². The van der Waals surface area contributed by atoms with Crippen LogP contribution in [0.5, 0.6) is 28.7 Å². The average Bonchev–Trinajstić information content (AvgIpc) is 1.29. The number of benzene rings is 7. The molecular weight excluding hydrogens is 1650 g/mol. The quantitative estimate of drug-likeness (QED) is 0.0204. The number of para-hydroxylation sites is 1. The Labute approximate surface area is 731 Å². The summed E-state index contributed by atoms with van der Waals surface area (Å²) >= 11 is 5.69. The standard InChI is InChI=1S/C20H22N4O2S.C18H16N4O3S.C17H24N4O2S.C16H22N4O2S.C15H20N4O2S/c1-13(2)12-26-17-11-14(3)9-10-16(17)21-19(25)23-20-22-18(24-27-20)15-7-5-4-6-8-15;1-11-7-8-14(21-17(24)22-18-19-10-20-26-18)13(9-11)16(23)12-5-3-4-6-15(12)25-2;1-10(2)9-23-14-8-12(5)6-7-13(14)18-16(22)20-17-19-15(11(3)4)21-24-17;1-5-14-18-16(23-20-14)19-15(21)17-12-7-6-11(4)8-13(12)22-9-10(2)3;1-9(2)8-21-13-7-10(3)5-6-12(13)17-14(20)18-15-16-11(4)19-22-15/h4-11,13H,12H2,1-3H3,(H2,21,22,23,24,25);3-10H,1-2H3,(H2,19,20,21,22,24);6-8,10-11H,9H2,1-5H3,(H2,18,19,20,21,22);6-8,10H,5,9H2,1-4H3,(H2,17,18,19,20,21);5-7,9H,8H2,1-4H3,(H2,16,17,18,19,20). The normalized spacial score (nSPS) is 10.6. The minimum absolute atomic E-state index is 0.230. The van der Waals surface area contributed by atoms with Crippen molar-refractivity contribution in [3.63, 3.8) is 0 Å². The molecule has 0 spiro atoms. The van der Waals surface area contributed by atoms with Crippen LogP contribution in [0.2, 0.25) is 0 Å². The van der Waals surface area contributed by atoms with E-state index < -0.39 is 6.03 Å². The Bertz CT molecular complexity index is 5390. The molecule has 0 atom stereocenters. The second-order valence-corrected chi connectivity index (χ2v) is 33.2. The minimum atomic E-state index is -0.500. The second-order valence-electron chi connectivity index (χ2n) is 29.5. The van der Waals surface area contributed by atoms with Gasteiger partial charge in [0.15, 0.2) is 11.6 Å². The summed E-state index contributed by atoms with van der Waals surface area (Å²) in [5, 5.41) is 29.5. The number of methoxy groups -OCH3 is 1. The van der Waals surface area contributed by atoms with Crippen LogP contribution in [0.25, 0.3) is 11.4 Å². The Morgan fingerprint density at radius 3 is 1.13 bits per heavy atom. The number of nitrogens with zero attached hydrogens (tertiary/aromatic N) is 10. The maximum absolute atomic E-state index is 13.0. The number of aromatic nitrogens is 10. The number of aryl methyl sites for hydroxylation is 7. The average molecular weight is 1750 g/mol. The van der Waals surface area contributed by atoms with Crippen LogP contribution in [0, 0.1) is 65.2 Å². The van der Waals surface area contributed by atoms with E-state index in [1.54, 1.807) is 43.3 Å². The van der Waals surface area contributed by atoms with Crippen molar-refractivity contribution in [2.75, 3.05) is 86.7 Å². The number of urea groups is 5. The second kappa shape index (κ2) is 48.0. The van der Waals surface area contributed by atoms with E-state index >= 15 is 0 Å². The van der Waals surface area contributed by atoms with Crippen LogP contribution < -0.4 is 76.9 Å². The van der Waals surface area contributed by atoms with E-state index in [-0.39, 0.29) is 35.8 Å². The Morgan fingerprint density at radius 2 is 0.738 bits per heavy atom. The predicted molar refractivity (Wildman–Crippen MR) is 490 cm³/mol. The van der Waals surface area contributed by atoms with Gasteiger partial charge in [-0.1, -0.05) is 155 Å². The number of ketones is 1. The molecule has 5 heterocycles. The van der Waals surface area contributed by atoms with Gasteiger partial charge in [0.2, 0.25) is 25.7 Å². The lowest BCUT2D eigenvalue weighted by Crippen LogP contribution is -2.21. The molecule has 122 heavy (non-hydrogen) atoms. The molecule has 0 saturated carbocycles. The summed E-state index contributed by atoms with van der Waals surface area (Å²) in [6.45, 7) is 36.6. The fourth-order valence-corrected chi connectivity index (χ4v) is 13.1. The lowest BCUT2D eigenvalue weighted by atomic mass is 9.99. The monoisotopic (exact) mass is 1750 g/mol. The molecule has 0 aliphatic rings. The molecule has 0 radical (unpaired) electrons. The van der Waals surface area contributed by atoms with Crippen molar-refractivity contribution in [3.05, 3.63) is 208 Å². The third kappa shape index (κ3) is 32.2. The highest BCUT2D eigenvalue weighted by Crippen LogP contribution is 2.33. The molecule has 12 rings (SSSR count). The van der Waals surface area contributed by atoms with Crippen molar-refractivity contribution in [3.8, 4) is 40.1 Å². The number of amides is 10. The fraction of sp³-hybridized carbons (Fsp3) is 0.326. The molecule has 31 nitrogen and oxygen atoms in total. The third-order valence-corrected chi connectivity index (χ3v) is 19.3. The molecule has 10 N–H and O–H groups in total. The van der Waals surface area contributed by atoms with Gasteiger partial charge in [0.25, 0.3) is 0 Å². The zero-order chi connectivity index (χ0) is 88.4. The van der Waals surface area contributed by atoms with Crippen molar-refractivity contribution >= 4 is 148 Å². The van der Waals surface area contributed by atoms with E-state index in [4.69, 9.17) is 23.7 Å². The Kier molecular flexibility index (Phi) is 37.3. The molecule has 0 saturated heterocycles. The molecule has 0 aliphatic heterocycles. The van der Waals surface area contributed by atoms with E-state index in [1.807, 2.05) is 165 Å². The van der Waals surface area contributed by atoms with Gasteiger partial charge in [-0.25, -0.2) is 43.9 Å². The summed E-state index contributed by atoms with van der Waals surface area (Å²) in [7, 11) is 1.51. The summed E-state index contributed by atoms with van der Waals surface area (Å²) in [6, 6.07) is 42.6. The minimum Gasteiger partial charge on any atom is -0.496 e. The van der Waals surface area contributed by atoms with Crippen molar-refractivity contribution in [1.82, 2.24) is 46.8 Å². The van der Waals surface area contributed by atoms with Crippen molar-refractivity contribution in [2.45, 2.75) is 130 Å². The van der Waals surface area contributed by atoms with Gasteiger partial charge in [-0.2, -0.15) is 26.9 Å². The molecule has 5 aromatic heterocycles. The van der Waals surface area contributed by atoms with Crippen LogP contribution in [-0.2, 0) is 6.42 Å². The zero-order valence-electron chi connectivity index (χ0n) is 71.4. The van der Waals surface area contributed by atoms with Crippen LogP contribution in [0.15, 0.2) is 152 Å². The van der Waals surface area contributed by atoms with Crippen LogP contribution in [0.1, 0.15) is 143 Å². The molecule has 36 heteroatoms. The van der Waals surface area contributed by atoms with Crippen molar-refractivity contribution in [1.29, 1.82) is 0 Å². The number of anilines is 10. The van der Waals surface area contributed by atoms with Gasteiger partial charge in [0.05, 0.1) is 67.5 Å². The molecule has 12 aromatic rings. The number of hydrogen-bond donors (Lipinski definition) is 10. The molecule has 10 amide bonds. The van der Waals surface area contributed by atoms with E-state index in [1.165, 1.54) is 36.5 Å². The summed E-state index contributed by atoms with van der Waals surface area (Å²) in [5.74, 6) is 7.41. The van der Waals surface area contributed by atoms with E-state index in [0.717, 1.165) is 86.0 Å². The summed E-state index contributed by atoms with van der Waals surface area (Å²) < 4.78 is 48.9. The first-order valence-electron chi connectivity index (χ1n) is 39.1. The predicted octanol–water partition coefficient (Wildman–Crippen LogP) is 21.5. The first-order valence-corrected chi connectivity index (χ1v) is 43.0. The van der Waals surface area contributed by atoms with Gasteiger partial charge in [-0.05, 0) is 160 Å². The molecular formula is C86H104N20O11S5. The largest absolute Gasteiger partial charge is 0.496 e. The SMILES string of the molecule is CCc1nsc(NC(=O)Nc2ccc(C)cc2OCC(C)C)n1.COc1ccccc1C(=O)c1cc(C)ccc1NC(=O)Nc1ncns1.Cc1ccc(NC(=O)Nc2nc(-c3ccccc3)ns2)c(OCC(C)C)c1.Cc1ccc(NC(=O)Nc2nc(C(C)C)ns2)c(OCC(C)C)c1.Cc1ccc(NC(=O)Nc2nc(C)ns2)c(OCC(C)C)c1. The Morgan fingerprint density at radius 1 is 0.361 bits per heavy atom. The summed E-state index contributed by atoms with van der Waals surface area (Å²) in [6.07, 6.45) is 2.09. The molecule has 0 unspecified atom stereocenters. The highest BCUT2D eigenvalue weighted by Gasteiger charge is 2.22. The van der Waals surface area contributed by atoms with Gasteiger partial charge >= 0.3 is 30.2 Å². The van der Waals surface area contributed by atoms with Gasteiger partial charge in [-0.15, -0.1) is 0 Å². The molecule has 644 valence electrons. The van der Waals surface area contributed by atoms with Crippen molar-refractivity contribution in [2.24, 2.45) is 23.7 Å². The van der Waals surface area contributed by atoms with Crippen molar-refractivity contribution < 1.29 is 52.5 Å².